The van der Waals surface area contributed by atoms with E-state index in [1.165, 1.54) is 0 Å². The minimum absolute atomic E-state index is 0.0874. The Bertz CT molecular complexity index is 345. The summed E-state index contributed by atoms with van der Waals surface area (Å²) in [6, 6.07) is 0. The molecule has 0 radical (unpaired) electrons. The van der Waals surface area contributed by atoms with E-state index in [0.29, 0.717) is 19.1 Å². The molecule has 2 bridgehead atoms. The lowest BCUT2D eigenvalue weighted by Gasteiger charge is -2.39. The zero-order valence-corrected chi connectivity index (χ0v) is 12.1. The number of rotatable bonds is 5. The highest BCUT2D eigenvalue weighted by Gasteiger charge is 2.67. The van der Waals surface area contributed by atoms with Crippen LogP contribution in [0.1, 0.15) is 46.5 Å². The number of fused-ring (bicyclic) bond motifs is 2. The van der Waals surface area contributed by atoms with Crippen molar-refractivity contribution in [2.24, 2.45) is 23.2 Å². The highest BCUT2D eigenvalue weighted by Crippen LogP contribution is 2.61. The maximum Gasteiger partial charge on any atom is 0.324 e. The molecule has 4 nitrogen and oxygen atoms in total. The van der Waals surface area contributed by atoms with Crippen LogP contribution in [0.5, 0.6) is 0 Å². The SMILES string of the molecule is CCOC(=O)C1(C(=O)OCC)C2CCC(C2)C1CC. The van der Waals surface area contributed by atoms with Gasteiger partial charge in [-0.3, -0.25) is 9.59 Å². The van der Waals surface area contributed by atoms with Crippen molar-refractivity contribution < 1.29 is 19.1 Å². The van der Waals surface area contributed by atoms with Gasteiger partial charge in [0.25, 0.3) is 0 Å². The first-order valence-electron chi connectivity index (χ1n) is 7.47. The molecular formula is C15H24O4. The minimum atomic E-state index is -1.02. The molecule has 3 atom stereocenters. The van der Waals surface area contributed by atoms with Gasteiger partial charge in [0.1, 0.15) is 0 Å². The van der Waals surface area contributed by atoms with Crippen LogP contribution in [0.25, 0.3) is 0 Å². The van der Waals surface area contributed by atoms with Gasteiger partial charge in [0, 0.05) is 0 Å². The molecule has 3 unspecified atom stereocenters. The van der Waals surface area contributed by atoms with Gasteiger partial charge in [0.05, 0.1) is 13.2 Å². The smallest absolute Gasteiger partial charge is 0.324 e. The van der Waals surface area contributed by atoms with Gasteiger partial charge in [0.2, 0.25) is 0 Å². The van der Waals surface area contributed by atoms with Crippen LogP contribution in [0.3, 0.4) is 0 Å². The van der Waals surface area contributed by atoms with E-state index in [1.54, 1.807) is 13.8 Å². The molecule has 0 aromatic heterocycles. The predicted molar refractivity (Wildman–Crippen MR) is 70.3 cm³/mol. The van der Waals surface area contributed by atoms with E-state index < -0.39 is 5.41 Å². The normalized spacial score (nSPS) is 31.2. The van der Waals surface area contributed by atoms with Gasteiger partial charge < -0.3 is 9.47 Å². The first kappa shape index (κ1) is 14.4. The molecule has 2 rings (SSSR count). The van der Waals surface area contributed by atoms with E-state index in [4.69, 9.17) is 9.47 Å². The predicted octanol–water partition coefficient (Wildman–Crippen LogP) is 2.56. The van der Waals surface area contributed by atoms with Crippen molar-refractivity contribution in [1.82, 2.24) is 0 Å². The van der Waals surface area contributed by atoms with Crippen LogP contribution in [0.2, 0.25) is 0 Å². The summed E-state index contributed by atoms with van der Waals surface area (Å²) in [4.78, 5) is 25.0. The Morgan fingerprint density at radius 1 is 1.05 bits per heavy atom. The van der Waals surface area contributed by atoms with E-state index in [9.17, 15) is 9.59 Å². The number of carbonyl (C=O) groups is 2. The van der Waals surface area contributed by atoms with Gasteiger partial charge >= 0.3 is 11.9 Å². The third-order valence-electron chi connectivity index (χ3n) is 4.94. The van der Waals surface area contributed by atoms with E-state index in [0.717, 1.165) is 25.7 Å². The van der Waals surface area contributed by atoms with Crippen LogP contribution in [-0.2, 0) is 19.1 Å². The average molecular weight is 268 g/mol. The van der Waals surface area contributed by atoms with Crippen molar-refractivity contribution in [3.05, 3.63) is 0 Å². The highest BCUT2D eigenvalue weighted by atomic mass is 16.6. The first-order valence-corrected chi connectivity index (χ1v) is 7.47. The molecule has 19 heavy (non-hydrogen) atoms. The lowest BCUT2D eigenvalue weighted by atomic mass is 9.65. The fourth-order valence-corrected chi connectivity index (χ4v) is 4.35. The molecule has 2 fully saturated rings. The van der Waals surface area contributed by atoms with Gasteiger partial charge in [-0.05, 0) is 50.9 Å². The molecule has 2 aliphatic carbocycles. The van der Waals surface area contributed by atoms with Crippen LogP contribution >= 0.6 is 0 Å². The van der Waals surface area contributed by atoms with Gasteiger partial charge in [0.15, 0.2) is 5.41 Å². The summed E-state index contributed by atoms with van der Waals surface area (Å²) in [5.74, 6) is -0.0336. The second-order valence-electron chi connectivity index (χ2n) is 5.59. The molecule has 2 saturated carbocycles. The van der Waals surface area contributed by atoms with Crippen LogP contribution < -0.4 is 0 Å². The zero-order chi connectivity index (χ0) is 14.0. The van der Waals surface area contributed by atoms with E-state index in [-0.39, 0.29) is 23.8 Å². The summed E-state index contributed by atoms with van der Waals surface area (Å²) in [7, 11) is 0. The van der Waals surface area contributed by atoms with Crippen LogP contribution in [0, 0.1) is 23.2 Å². The molecule has 2 aliphatic rings. The maximum absolute atomic E-state index is 12.5. The number of hydrogen-bond acceptors (Lipinski definition) is 4. The molecule has 0 saturated heterocycles. The number of carbonyl (C=O) groups excluding carboxylic acids is 2. The Balaban J connectivity index is 2.38. The molecule has 0 heterocycles. The molecule has 0 N–H and O–H groups in total. The fourth-order valence-electron chi connectivity index (χ4n) is 4.35. The summed E-state index contributed by atoms with van der Waals surface area (Å²) in [5.41, 5.74) is -1.02. The highest BCUT2D eigenvalue weighted by molar-refractivity contribution is 6.01. The molecule has 0 spiro atoms. The molecule has 108 valence electrons. The molecular weight excluding hydrogens is 244 g/mol. The van der Waals surface area contributed by atoms with E-state index >= 15 is 0 Å². The molecule has 0 amide bonds. The number of esters is 2. The largest absolute Gasteiger partial charge is 0.465 e. The first-order chi connectivity index (χ1) is 9.12. The summed E-state index contributed by atoms with van der Waals surface area (Å²) in [6.07, 6.45) is 3.87. The summed E-state index contributed by atoms with van der Waals surface area (Å²) in [5, 5.41) is 0. The lowest BCUT2D eigenvalue weighted by molar-refractivity contribution is -0.181. The van der Waals surface area contributed by atoms with Crippen molar-refractivity contribution in [1.29, 1.82) is 0 Å². The summed E-state index contributed by atoms with van der Waals surface area (Å²) < 4.78 is 10.5. The molecule has 4 heteroatoms. The Morgan fingerprint density at radius 2 is 1.63 bits per heavy atom. The summed E-state index contributed by atoms with van der Waals surface area (Å²) >= 11 is 0. The molecule has 0 aromatic carbocycles. The Morgan fingerprint density at radius 3 is 2.11 bits per heavy atom. The number of hydrogen-bond donors (Lipinski definition) is 0. The van der Waals surface area contributed by atoms with Crippen molar-refractivity contribution in [2.75, 3.05) is 13.2 Å². The van der Waals surface area contributed by atoms with Crippen LogP contribution in [-0.4, -0.2) is 25.2 Å². The zero-order valence-electron chi connectivity index (χ0n) is 12.1. The van der Waals surface area contributed by atoms with Crippen LogP contribution in [0.4, 0.5) is 0 Å². The molecule has 0 aromatic rings. The van der Waals surface area contributed by atoms with Gasteiger partial charge in [-0.1, -0.05) is 13.3 Å². The van der Waals surface area contributed by atoms with E-state index in [2.05, 4.69) is 6.92 Å². The quantitative estimate of drug-likeness (QED) is 0.568. The van der Waals surface area contributed by atoms with Crippen LogP contribution in [0.15, 0.2) is 0 Å². The second kappa shape index (κ2) is 5.51. The van der Waals surface area contributed by atoms with Crippen molar-refractivity contribution >= 4 is 11.9 Å². The van der Waals surface area contributed by atoms with Gasteiger partial charge in [-0.15, -0.1) is 0 Å². The lowest BCUT2D eigenvalue weighted by Crippen LogP contribution is -2.51. The van der Waals surface area contributed by atoms with Crippen molar-refractivity contribution in [3.63, 3.8) is 0 Å². The third kappa shape index (κ3) is 1.96. The van der Waals surface area contributed by atoms with Crippen molar-refractivity contribution in [2.45, 2.75) is 46.5 Å². The number of ether oxygens (including phenoxy) is 2. The van der Waals surface area contributed by atoms with Gasteiger partial charge in [-0.25, -0.2) is 0 Å². The van der Waals surface area contributed by atoms with Gasteiger partial charge in [-0.2, -0.15) is 0 Å². The Labute approximate surface area is 114 Å². The second-order valence-corrected chi connectivity index (χ2v) is 5.59. The third-order valence-corrected chi connectivity index (χ3v) is 4.94. The van der Waals surface area contributed by atoms with Crippen molar-refractivity contribution in [3.8, 4) is 0 Å². The monoisotopic (exact) mass is 268 g/mol. The Kier molecular flexibility index (Phi) is 4.16. The maximum atomic E-state index is 12.5. The standard InChI is InChI=1S/C15H24O4/c1-4-12-10-7-8-11(9-10)15(12,13(16)18-5-2)14(17)19-6-3/h10-12H,4-9H2,1-3H3. The summed E-state index contributed by atoms with van der Waals surface area (Å²) in [6.45, 7) is 6.25. The fraction of sp³-hybridized carbons (Fsp3) is 0.867. The average Bonchev–Trinajstić information content (AvgIpc) is 2.97. The Hall–Kier alpha value is -1.06. The molecule has 0 aliphatic heterocycles. The minimum Gasteiger partial charge on any atom is -0.465 e. The topological polar surface area (TPSA) is 52.6 Å². The van der Waals surface area contributed by atoms with E-state index in [1.807, 2.05) is 0 Å².